The van der Waals surface area contributed by atoms with Crippen molar-refractivity contribution in [1.29, 1.82) is 0 Å². The Morgan fingerprint density at radius 1 is 1.61 bits per heavy atom. The Morgan fingerprint density at radius 3 is 3.00 bits per heavy atom. The summed E-state index contributed by atoms with van der Waals surface area (Å²) in [7, 11) is 0. The van der Waals surface area contributed by atoms with Crippen LogP contribution in [0.3, 0.4) is 0 Å². The van der Waals surface area contributed by atoms with Gasteiger partial charge in [0.05, 0.1) is 12.9 Å². The number of nitrogens with zero attached hydrogens (tertiary/aromatic N) is 2. The molecule has 0 bridgehead atoms. The van der Waals surface area contributed by atoms with Crippen LogP contribution in [0.5, 0.6) is 0 Å². The van der Waals surface area contributed by atoms with Gasteiger partial charge in [0.25, 0.3) is 0 Å². The van der Waals surface area contributed by atoms with E-state index in [0.29, 0.717) is 12.5 Å². The molecule has 1 saturated heterocycles. The first-order valence-electron chi connectivity index (χ1n) is 6.63. The van der Waals surface area contributed by atoms with Crippen molar-refractivity contribution >= 4 is 5.97 Å². The number of imidazole rings is 1. The number of hydrogen-bond acceptors (Lipinski definition) is 4. The average molecular weight is 251 g/mol. The van der Waals surface area contributed by atoms with Gasteiger partial charge < -0.3 is 14.6 Å². The summed E-state index contributed by atoms with van der Waals surface area (Å²) in [6.45, 7) is 6.17. The SMILES string of the molecule is CCOC(=O)C(C)n1cncc1C1CCNCC1. The quantitative estimate of drug-likeness (QED) is 0.823. The monoisotopic (exact) mass is 251 g/mol. The largest absolute Gasteiger partial charge is 0.464 e. The summed E-state index contributed by atoms with van der Waals surface area (Å²) >= 11 is 0. The summed E-state index contributed by atoms with van der Waals surface area (Å²) in [6.07, 6.45) is 5.81. The van der Waals surface area contributed by atoms with E-state index in [0.717, 1.165) is 31.6 Å². The van der Waals surface area contributed by atoms with Crippen LogP contribution in [-0.2, 0) is 9.53 Å². The Balaban J connectivity index is 2.13. The second kappa shape index (κ2) is 6.00. The van der Waals surface area contributed by atoms with E-state index in [1.165, 1.54) is 0 Å². The maximum atomic E-state index is 11.8. The number of hydrogen-bond donors (Lipinski definition) is 1. The first-order valence-corrected chi connectivity index (χ1v) is 6.63. The van der Waals surface area contributed by atoms with Gasteiger partial charge in [0.1, 0.15) is 6.04 Å². The summed E-state index contributed by atoms with van der Waals surface area (Å²) < 4.78 is 7.02. The summed E-state index contributed by atoms with van der Waals surface area (Å²) in [6, 6.07) is -0.294. The highest BCUT2D eigenvalue weighted by atomic mass is 16.5. The van der Waals surface area contributed by atoms with E-state index in [2.05, 4.69) is 10.3 Å². The molecule has 0 aliphatic carbocycles. The van der Waals surface area contributed by atoms with E-state index in [1.54, 1.807) is 6.33 Å². The Kier molecular flexibility index (Phi) is 4.36. The molecule has 1 atom stereocenters. The highest BCUT2D eigenvalue weighted by molar-refractivity contribution is 5.73. The number of aromatic nitrogens is 2. The van der Waals surface area contributed by atoms with Crippen LogP contribution in [0.2, 0.25) is 0 Å². The fourth-order valence-electron chi connectivity index (χ4n) is 2.45. The van der Waals surface area contributed by atoms with Gasteiger partial charge in [-0.2, -0.15) is 0 Å². The molecule has 0 radical (unpaired) electrons. The zero-order chi connectivity index (χ0) is 13.0. The van der Waals surface area contributed by atoms with E-state index < -0.39 is 0 Å². The zero-order valence-electron chi connectivity index (χ0n) is 11.1. The first kappa shape index (κ1) is 13.1. The summed E-state index contributed by atoms with van der Waals surface area (Å²) in [5.74, 6) is 0.302. The summed E-state index contributed by atoms with van der Waals surface area (Å²) in [4.78, 5) is 16.0. The molecule has 1 N–H and O–H groups in total. The molecule has 2 heterocycles. The van der Waals surface area contributed by atoms with Crippen molar-refractivity contribution < 1.29 is 9.53 Å². The van der Waals surface area contributed by atoms with Crippen molar-refractivity contribution in [3.8, 4) is 0 Å². The molecule has 5 nitrogen and oxygen atoms in total. The van der Waals surface area contributed by atoms with E-state index >= 15 is 0 Å². The minimum atomic E-state index is -0.294. The fraction of sp³-hybridized carbons (Fsp3) is 0.692. The van der Waals surface area contributed by atoms with E-state index in [1.807, 2.05) is 24.6 Å². The van der Waals surface area contributed by atoms with Crippen LogP contribution in [0.1, 0.15) is 44.3 Å². The molecule has 0 amide bonds. The third-order valence-corrected chi connectivity index (χ3v) is 3.50. The highest BCUT2D eigenvalue weighted by Gasteiger charge is 2.24. The highest BCUT2D eigenvalue weighted by Crippen LogP contribution is 2.27. The van der Waals surface area contributed by atoms with E-state index in [9.17, 15) is 4.79 Å². The molecule has 0 aromatic carbocycles. The lowest BCUT2D eigenvalue weighted by Gasteiger charge is -2.25. The molecule has 1 aliphatic rings. The van der Waals surface area contributed by atoms with Gasteiger partial charge in [-0.25, -0.2) is 9.78 Å². The van der Waals surface area contributed by atoms with Gasteiger partial charge in [0.15, 0.2) is 0 Å². The Morgan fingerprint density at radius 2 is 2.33 bits per heavy atom. The molecule has 100 valence electrons. The lowest BCUT2D eigenvalue weighted by molar-refractivity contribution is -0.146. The van der Waals surface area contributed by atoms with Gasteiger partial charge in [-0.15, -0.1) is 0 Å². The Labute approximate surface area is 108 Å². The van der Waals surface area contributed by atoms with Crippen LogP contribution < -0.4 is 5.32 Å². The Hall–Kier alpha value is -1.36. The average Bonchev–Trinajstić information content (AvgIpc) is 2.88. The molecule has 1 aliphatic heterocycles. The fourth-order valence-corrected chi connectivity index (χ4v) is 2.45. The van der Waals surface area contributed by atoms with Crippen LogP contribution >= 0.6 is 0 Å². The van der Waals surface area contributed by atoms with Gasteiger partial charge in [0, 0.05) is 17.8 Å². The molecule has 0 saturated carbocycles. The summed E-state index contributed by atoms with van der Waals surface area (Å²) in [5.41, 5.74) is 1.15. The summed E-state index contributed by atoms with van der Waals surface area (Å²) in [5, 5.41) is 3.35. The maximum Gasteiger partial charge on any atom is 0.328 e. The number of piperidine rings is 1. The number of carbonyl (C=O) groups is 1. The molecular formula is C13H21N3O2. The van der Waals surface area contributed by atoms with E-state index in [-0.39, 0.29) is 12.0 Å². The maximum absolute atomic E-state index is 11.8. The number of esters is 1. The Bertz CT molecular complexity index is 397. The molecule has 1 aromatic heterocycles. The lowest BCUT2D eigenvalue weighted by Crippen LogP contribution is -2.29. The van der Waals surface area contributed by atoms with Gasteiger partial charge >= 0.3 is 5.97 Å². The second-order valence-corrected chi connectivity index (χ2v) is 4.68. The van der Waals surface area contributed by atoms with E-state index in [4.69, 9.17) is 4.74 Å². The molecule has 2 rings (SSSR count). The minimum Gasteiger partial charge on any atom is -0.464 e. The molecule has 5 heteroatoms. The molecular weight excluding hydrogens is 230 g/mol. The molecule has 0 spiro atoms. The molecule has 1 unspecified atom stereocenters. The number of nitrogens with one attached hydrogen (secondary N) is 1. The van der Waals surface area contributed by atoms with Gasteiger partial charge in [-0.1, -0.05) is 0 Å². The van der Waals surface area contributed by atoms with Crippen LogP contribution in [0.15, 0.2) is 12.5 Å². The third-order valence-electron chi connectivity index (χ3n) is 3.50. The van der Waals surface area contributed by atoms with Crippen molar-refractivity contribution in [3.05, 3.63) is 18.2 Å². The predicted molar refractivity (Wildman–Crippen MR) is 68.4 cm³/mol. The third kappa shape index (κ3) is 2.72. The smallest absolute Gasteiger partial charge is 0.328 e. The second-order valence-electron chi connectivity index (χ2n) is 4.68. The van der Waals surface area contributed by atoms with Crippen LogP contribution in [-0.4, -0.2) is 35.2 Å². The van der Waals surface area contributed by atoms with Crippen LogP contribution in [0.25, 0.3) is 0 Å². The van der Waals surface area contributed by atoms with Crippen molar-refractivity contribution in [2.75, 3.05) is 19.7 Å². The zero-order valence-corrected chi connectivity index (χ0v) is 11.1. The number of rotatable bonds is 4. The molecule has 18 heavy (non-hydrogen) atoms. The molecule has 1 fully saturated rings. The normalized spacial score (nSPS) is 18.6. The standard InChI is InChI=1S/C13H21N3O2/c1-3-18-13(17)10(2)16-9-15-8-12(16)11-4-6-14-7-5-11/h8-11,14H,3-7H2,1-2H3. The first-order chi connectivity index (χ1) is 8.74. The molecule has 1 aromatic rings. The van der Waals surface area contributed by atoms with Crippen LogP contribution in [0, 0.1) is 0 Å². The van der Waals surface area contributed by atoms with Crippen molar-refractivity contribution in [2.24, 2.45) is 0 Å². The van der Waals surface area contributed by atoms with Gasteiger partial charge in [0.2, 0.25) is 0 Å². The van der Waals surface area contributed by atoms with Crippen molar-refractivity contribution in [3.63, 3.8) is 0 Å². The van der Waals surface area contributed by atoms with Crippen molar-refractivity contribution in [1.82, 2.24) is 14.9 Å². The van der Waals surface area contributed by atoms with Gasteiger partial charge in [-0.3, -0.25) is 0 Å². The van der Waals surface area contributed by atoms with Crippen molar-refractivity contribution in [2.45, 2.75) is 38.6 Å². The number of ether oxygens (including phenoxy) is 1. The number of carbonyl (C=O) groups excluding carboxylic acids is 1. The topological polar surface area (TPSA) is 56.2 Å². The minimum absolute atomic E-state index is 0.189. The van der Waals surface area contributed by atoms with Gasteiger partial charge in [-0.05, 0) is 39.8 Å². The lowest BCUT2D eigenvalue weighted by atomic mass is 9.94. The van der Waals surface area contributed by atoms with Crippen LogP contribution in [0.4, 0.5) is 0 Å². The predicted octanol–water partition coefficient (Wildman–Crippen LogP) is 1.47.